The van der Waals surface area contributed by atoms with Crippen LogP contribution in [0.4, 0.5) is 0 Å². The van der Waals surface area contributed by atoms with Crippen molar-refractivity contribution < 1.29 is 28.5 Å². The quantitative estimate of drug-likeness (QED) is 0.507. The molecule has 28 heavy (non-hydrogen) atoms. The molecule has 0 aliphatic carbocycles. The van der Waals surface area contributed by atoms with Gasteiger partial charge in [-0.25, -0.2) is 4.79 Å². The highest BCUT2D eigenvalue weighted by atomic mass is 35.5. The number of hydrogen-bond donors (Lipinski definition) is 0. The number of halogens is 1. The first-order valence-corrected chi connectivity index (χ1v) is 9.50. The molecule has 1 aromatic carbocycles. The summed E-state index contributed by atoms with van der Waals surface area (Å²) in [5, 5.41) is 0.368. The lowest BCUT2D eigenvalue weighted by atomic mass is 10.2. The molecule has 0 unspecified atom stereocenters. The number of rotatable bonds is 7. The van der Waals surface area contributed by atoms with Gasteiger partial charge < -0.3 is 23.8 Å². The first-order chi connectivity index (χ1) is 13.3. The van der Waals surface area contributed by atoms with E-state index in [4.69, 9.17) is 30.5 Å². The maximum Gasteiger partial charge on any atom is 0.331 e. The van der Waals surface area contributed by atoms with Gasteiger partial charge in [-0.2, -0.15) is 0 Å². The predicted molar refractivity (Wildman–Crippen MR) is 106 cm³/mol. The number of ether oxygens (including phenoxy) is 4. The Morgan fingerprint density at radius 1 is 1.29 bits per heavy atom. The molecule has 1 amide bonds. The van der Waals surface area contributed by atoms with E-state index in [0.29, 0.717) is 41.8 Å². The number of methoxy groups -OCH3 is 1. The van der Waals surface area contributed by atoms with E-state index in [-0.39, 0.29) is 24.7 Å². The van der Waals surface area contributed by atoms with Crippen LogP contribution in [0.1, 0.15) is 26.3 Å². The zero-order valence-electron chi connectivity index (χ0n) is 16.6. The summed E-state index contributed by atoms with van der Waals surface area (Å²) >= 11 is 6.18. The van der Waals surface area contributed by atoms with Crippen LogP contribution < -0.4 is 9.47 Å². The smallest absolute Gasteiger partial charge is 0.331 e. The molecule has 0 radical (unpaired) electrons. The maximum absolute atomic E-state index is 12.2. The molecular weight excluding hydrogens is 386 g/mol. The van der Waals surface area contributed by atoms with E-state index in [1.807, 2.05) is 20.8 Å². The summed E-state index contributed by atoms with van der Waals surface area (Å²) in [6, 6.07) is 3.36. The number of carbonyl (C=O) groups is 2. The van der Waals surface area contributed by atoms with Gasteiger partial charge in [-0.1, -0.05) is 11.6 Å². The minimum atomic E-state index is -0.618. The average Bonchev–Trinajstić information content (AvgIpc) is 2.63. The average molecular weight is 412 g/mol. The van der Waals surface area contributed by atoms with E-state index in [0.717, 1.165) is 0 Å². The Morgan fingerprint density at radius 3 is 2.57 bits per heavy atom. The van der Waals surface area contributed by atoms with E-state index in [9.17, 15) is 9.59 Å². The number of amides is 1. The third-order valence-electron chi connectivity index (χ3n) is 4.06. The zero-order valence-corrected chi connectivity index (χ0v) is 17.3. The van der Waals surface area contributed by atoms with Crippen LogP contribution in [0.25, 0.3) is 6.08 Å². The van der Waals surface area contributed by atoms with Gasteiger partial charge in [0, 0.05) is 19.2 Å². The van der Waals surface area contributed by atoms with Crippen LogP contribution in [0.2, 0.25) is 5.02 Å². The number of morpholine rings is 1. The normalized spacial score (nSPS) is 19.5. The van der Waals surface area contributed by atoms with Gasteiger partial charge >= 0.3 is 5.97 Å². The van der Waals surface area contributed by atoms with Crippen molar-refractivity contribution in [2.45, 2.75) is 33.0 Å². The van der Waals surface area contributed by atoms with Crippen LogP contribution in [-0.2, 0) is 19.1 Å². The van der Waals surface area contributed by atoms with Crippen molar-refractivity contribution in [3.05, 3.63) is 28.8 Å². The van der Waals surface area contributed by atoms with Gasteiger partial charge in [-0.05, 0) is 44.5 Å². The Hall–Kier alpha value is -2.25. The first kappa shape index (κ1) is 22.0. The molecule has 0 bridgehead atoms. The predicted octanol–water partition coefficient (Wildman–Crippen LogP) is 2.94. The largest absolute Gasteiger partial charge is 0.491 e. The van der Waals surface area contributed by atoms with Gasteiger partial charge in [0.05, 0.1) is 30.9 Å². The minimum absolute atomic E-state index is 0.0392. The first-order valence-electron chi connectivity index (χ1n) is 9.12. The number of esters is 1. The van der Waals surface area contributed by atoms with Gasteiger partial charge in [-0.3, -0.25) is 4.79 Å². The number of benzene rings is 1. The van der Waals surface area contributed by atoms with Crippen molar-refractivity contribution in [2.75, 3.05) is 33.4 Å². The highest BCUT2D eigenvalue weighted by molar-refractivity contribution is 6.32. The summed E-state index contributed by atoms with van der Waals surface area (Å²) in [7, 11) is 1.50. The van der Waals surface area contributed by atoms with Crippen molar-refractivity contribution in [3.63, 3.8) is 0 Å². The second kappa shape index (κ2) is 10.3. The van der Waals surface area contributed by atoms with Crippen LogP contribution >= 0.6 is 11.6 Å². The number of hydrogen-bond acceptors (Lipinski definition) is 6. The van der Waals surface area contributed by atoms with Gasteiger partial charge in [-0.15, -0.1) is 0 Å². The molecule has 7 nitrogen and oxygen atoms in total. The molecule has 1 fully saturated rings. The summed E-state index contributed by atoms with van der Waals surface area (Å²) < 4.78 is 21.4. The van der Waals surface area contributed by atoms with Crippen LogP contribution in [0.3, 0.4) is 0 Å². The van der Waals surface area contributed by atoms with Crippen LogP contribution in [0.15, 0.2) is 18.2 Å². The molecule has 1 aliphatic rings. The fourth-order valence-electron chi connectivity index (χ4n) is 2.96. The fourth-order valence-corrected chi connectivity index (χ4v) is 3.26. The highest BCUT2D eigenvalue weighted by Gasteiger charge is 2.26. The molecule has 0 saturated carbocycles. The maximum atomic E-state index is 12.2. The minimum Gasteiger partial charge on any atom is -0.491 e. The Kier molecular flexibility index (Phi) is 8.14. The van der Waals surface area contributed by atoms with E-state index in [1.54, 1.807) is 23.1 Å². The third kappa shape index (κ3) is 6.14. The van der Waals surface area contributed by atoms with Crippen LogP contribution in [-0.4, -0.2) is 62.4 Å². The van der Waals surface area contributed by atoms with Crippen molar-refractivity contribution in [3.8, 4) is 11.5 Å². The summed E-state index contributed by atoms with van der Waals surface area (Å²) in [6.45, 7) is 6.77. The van der Waals surface area contributed by atoms with Gasteiger partial charge in [0.2, 0.25) is 0 Å². The molecule has 154 valence electrons. The molecule has 0 aromatic heterocycles. The monoisotopic (exact) mass is 411 g/mol. The molecule has 1 heterocycles. The highest BCUT2D eigenvalue weighted by Crippen LogP contribution is 2.36. The van der Waals surface area contributed by atoms with Gasteiger partial charge in [0.1, 0.15) is 0 Å². The van der Waals surface area contributed by atoms with Gasteiger partial charge in [0.25, 0.3) is 5.91 Å². The van der Waals surface area contributed by atoms with Crippen molar-refractivity contribution in [2.24, 2.45) is 0 Å². The molecule has 1 aromatic rings. The Labute approximate surface area is 170 Å². The summed E-state index contributed by atoms with van der Waals surface area (Å²) in [5.74, 6) is 0.0570. The van der Waals surface area contributed by atoms with Crippen LogP contribution in [0.5, 0.6) is 11.5 Å². The molecule has 8 heteroatoms. The third-order valence-corrected chi connectivity index (χ3v) is 4.34. The molecule has 1 aliphatic heterocycles. The van der Waals surface area contributed by atoms with Crippen molar-refractivity contribution >= 4 is 29.6 Å². The second-order valence-electron chi connectivity index (χ2n) is 6.46. The lowest BCUT2D eigenvalue weighted by molar-refractivity contribution is -0.154. The fraction of sp³-hybridized carbons (Fsp3) is 0.500. The summed E-state index contributed by atoms with van der Waals surface area (Å²) in [6.07, 6.45) is 2.70. The topological polar surface area (TPSA) is 74.3 Å². The molecule has 0 spiro atoms. The summed E-state index contributed by atoms with van der Waals surface area (Å²) in [4.78, 5) is 25.8. The molecular formula is C20H26ClNO6. The number of nitrogens with zero attached hydrogens (tertiary/aromatic N) is 1. The van der Waals surface area contributed by atoms with E-state index < -0.39 is 5.97 Å². The molecule has 2 atom stereocenters. The Bertz CT molecular complexity index is 726. The van der Waals surface area contributed by atoms with E-state index in [2.05, 4.69) is 0 Å². The SMILES string of the molecule is CCOc1cc(/C=C/C(=O)OCC(=O)N2C[C@@H](C)O[C@@H](C)C2)cc(Cl)c1OC. The second-order valence-corrected chi connectivity index (χ2v) is 6.87. The van der Waals surface area contributed by atoms with Crippen LogP contribution in [0, 0.1) is 0 Å². The van der Waals surface area contributed by atoms with Crippen molar-refractivity contribution in [1.82, 2.24) is 4.90 Å². The lowest BCUT2D eigenvalue weighted by Gasteiger charge is -2.35. The standard InChI is InChI=1S/C20H26ClNO6/c1-5-26-17-9-15(8-16(21)20(17)25-4)6-7-19(24)27-12-18(23)22-10-13(2)28-14(3)11-22/h6-9,13-14H,5,10-12H2,1-4H3/b7-6+/t13-,14+. The van der Waals surface area contributed by atoms with Gasteiger partial charge in [0.15, 0.2) is 18.1 Å². The zero-order chi connectivity index (χ0) is 20.7. The molecule has 0 N–H and O–H groups in total. The van der Waals surface area contributed by atoms with E-state index in [1.165, 1.54) is 13.2 Å². The van der Waals surface area contributed by atoms with Crippen molar-refractivity contribution in [1.29, 1.82) is 0 Å². The molecule has 1 saturated heterocycles. The summed E-state index contributed by atoms with van der Waals surface area (Å²) in [5.41, 5.74) is 0.647. The lowest BCUT2D eigenvalue weighted by Crippen LogP contribution is -2.49. The molecule has 2 rings (SSSR count). The Balaban J connectivity index is 1.93. The van der Waals surface area contributed by atoms with E-state index >= 15 is 0 Å². The Morgan fingerprint density at radius 2 is 1.96 bits per heavy atom. The number of carbonyl (C=O) groups excluding carboxylic acids is 2.